The molecule has 0 aliphatic carbocycles. The van der Waals surface area contributed by atoms with E-state index in [1.54, 1.807) is 7.11 Å². The number of nitrogens with two attached hydrogens (primary N) is 1. The molecule has 2 aromatic rings. The highest BCUT2D eigenvalue weighted by atomic mass is 16.5. The number of likely N-dealkylation sites (N-methyl/N-ethyl adjacent to an activating group) is 1. The molecule has 0 saturated carbocycles. The molecular formula is C23H35N3O+2. The first-order chi connectivity index (χ1) is 13.2. The summed E-state index contributed by atoms with van der Waals surface area (Å²) >= 11 is 0. The van der Waals surface area contributed by atoms with Crippen molar-refractivity contribution >= 4 is 5.69 Å². The Morgan fingerprint density at radius 2 is 1.78 bits per heavy atom. The Morgan fingerprint density at radius 1 is 1.04 bits per heavy atom. The van der Waals surface area contributed by atoms with Crippen LogP contribution in [0.25, 0.3) is 0 Å². The van der Waals surface area contributed by atoms with Crippen molar-refractivity contribution in [1.82, 2.24) is 0 Å². The molecule has 1 atom stereocenters. The molecule has 3 N–H and O–H groups in total. The topological polar surface area (TPSA) is 33.5 Å². The predicted molar refractivity (Wildman–Crippen MR) is 112 cm³/mol. The van der Waals surface area contributed by atoms with Crippen LogP contribution in [0.1, 0.15) is 36.4 Å². The lowest BCUT2D eigenvalue weighted by Crippen LogP contribution is -3.09. The van der Waals surface area contributed by atoms with E-state index >= 15 is 0 Å². The SMILES string of the molecule is COc1cccc([C@@H](C[NH2+]Cc2ccc(N3CCCCC3)cc2)[NH+](C)C)c1. The number of rotatable bonds is 8. The monoisotopic (exact) mass is 369 g/mol. The van der Waals surface area contributed by atoms with Crippen molar-refractivity contribution in [2.45, 2.75) is 31.8 Å². The van der Waals surface area contributed by atoms with Crippen molar-refractivity contribution in [1.29, 1.82) is 0 Å². The quantitative estimate of drug-likeness (QED) is 0.742. The molecule has 27 heavy (non-hydrogen) atoms. The lowest BCUT2D eigenvalue weighted by Gasteiger charge is -2.28. The van der Waals surface area contributed by atoms with Gasteiger partial charge in [-0.2, -0.15) is 0 Å². The molecule has 1 saturated heterocycles. The van der Waals surface area contributed by atoms with Gasteiger partial charge in [0.1, 0.15) is 18.8 Å². The Morgan fingerprint density at radius 3 is 2.44 bits per heavy atom. The van der Waals surface area contributed by atoms with Crippen LogP contribution in [0.5, 0.6) is 5.75 Å². The third kappa shape index (κ3) is 5.47. The fourth-order valence-corrected chi connectivity index (χ4v) is 3.98. The second-order valence-electron chi connectivity index (χ2n) is 7.85. The van der Waals surface area contributed by atoms with Crippen LogP contribution in [0.4, 0.5) is 5.69 Å². The molecule has 3 rings (SSSR count). The molecule has 1 heterocycles. The van der Waals surface area contributed by atoms with Gasteiger partial charge in [-0.15, -0.1) is 0 Å². The molecule has 1 fully saturated rings. The summed E-state index contributed by atoms with van der Waals surface area (Å²) in [7, 11) is 6.19. The normalized spacial score (nSPS) is 15.8. The van der Waals surface area contributed by atoms with Gasteiger partial charge >= 0.3 is 0 Å². The zero-order valence-corrected chi connectivity index (χ0v) is 17.1. The number of nitrogens with one attached hydrogen (secondary N) is 1. The molecule has 2 aromatic carbocycles. The predicted octanol–water partition coefficient (Wildman–Crippen LogP) is 1.63. The fourth-order valence-electron chi connectivity index (χ4n) is 3.98. The number of quaternary nitrogens is 2. The summed E-state index contributed by atoms with van der Waals surface area (Å²) in [6.45, 7) is 4.50. The van der Waals surface area contributed by atoms with Crippen LogP contribution in [0.2, 0.25) is 0 Å². The molecule has 146 valence electrons. The number of methoxy groups -OCH3 is 1. The average Bonchev–Trinajstić information content (AvgIpc) is 2.72. The third-order valence-corrected chi connectivity index (χ3v) is 5.63. The fraction of sp³-hybridized carbons (Fsp3) is 0.478. The largest absolute Gasteiger partial charge is 0.497 e. The van der Waals surface area contributed by atoms with Gasteiger partial charge in [-0.25, -0.2) is 0 Å². The Hall–Kier alpha value is -2.04. The molecule has 0 radical (unpaired) electrons. The molecule has 4 nitrogen and oxygen atoms in total. The van der Waals surface area contributed by atoms with E-state index in [-0.39, 0.29) is 0 Å². The maximum atomic E-state index is 5.40. The van der Waals surface area contributed by atoms with Gasteiger partial charge in [0.25, 0.3) is 0 Å². The van der Waals surface area contributed by atoms with Crippen LogP contribution < -0.4 is 19.9 Å². The van der Waals surface area contributed by atoms with Crippen molar-refractivity contribution in [2.24, 2.45) is 0 Å². The molecule has 0 unspecified atom stereocenters. The Kier molecular flexibility index (Phi) is 7.13. The zero-order valence-electron chi connectivity index (χ0n) is 17.1. The number of anilines is 1. The molecule has 0 bridgehead atoms. The van der Waals surface area contributed by atoms with E-state index in [0.29, 0.717) is 6.04 Å². The van der Waals surface area contributed by atoms with E-state index in [1.165, 1.54) is 54.1 Å². The summed E-state index contributed by atoms with van der Waals surface area (Å²) in [6, 6.07) is 18.1. The molecular weight excluding hydrogens is 334 g/mol. The van der Waals surface area contributed by atoms with Gasteiger partial charge in [-0.3, -0.25) is 0 Å². The van der Waals surface area contributed by atoms with Gasteiger partial charge < -0.3 is 19.9 Å². The van der Waals surface area contributed by atoms with Crippen molar-refractivity contribution in [3.63, 3.8) is 0 Å². The highest BCUT2D eigenvalue weighted by Gasteiger charge is 2.20. The number of nitrogens with zero attached hydrogens (tertiary/aromatic N) is 1. The van der Waals surface area contributed by atoms with Crippen molar-refractivity contribution in [2.75, 3.05) is 45.7 Å². The minimum atomic E-state index is 0.452. The first-order valence-corrected chi connectivity index (χ1v) is 10.3. The molecule has 0 aromatic heterocycles. The molecule has 1 aliphatic rings. The molecule has 4 heteroatoms. The number of hydrogen-bond acceptors (Lipinski definition) is 2. The van der Waals surface area contributed by atoms with Gasteiger partial charge in [-0.1, -0.05) is 24.3 Å². The first kappa shape index (κ1) is 19.7. The second-order valence-corrected chi connectivity index (χ2v) is 7.85. The van der Waals surface area contributed by atoms with Crippen LogP contribution >= 0.6 is 0 Å². The summed E-state index contributed by atoms with van der Waals surface area (Å²) in [6.07, 6.45) is 4.04. The maximum Gasteiger partial charge on any atom is 0.162 e. The van der Waals surface area contributed by atoms with Gasteiger partial charge in [0.05, 0.1) is 21.2 Å². The highest BCUT2D eigenvalue weighted by Crippen LogP contribution is 2.20. The van der Waals surface area contributed by atoms with Gasteiger partial charge in [-0.05, 0) is 43.5 Å². The van der Waals surface area contributed by atoms with Crippen LogP contribution in [-0.4, -0.2) is 40.8 Å². The lowest BCUT2D eigenvalue weighted by molar-refractivity contribution is -0.910. The van der Waals surface area contributed by atoms with E-state index in [1.807, 2.05) is 6.07 Å². The third-order valence-electron chi connectivity index (χ3n) is 5.63. The summed E-state index contributed by atoms with van der Waals surface area (Å²) in [5, 5.41) is 2.42. The van der Waals surface area contributed by atoms with Crippen LogP contribution in [0, 0.1) is 0 Å². The second kappa shape index (κ2) is 9.77. The van der Waals surface area contributed by atoms with Gasteiger partial charge in [0.2, 0.25) is 0 Å². The average molecular weight is 370 g/mol. The first-order valence-electron chi connectivity index (χ1n) is 10.3. The minimum absolute atomic E-state index is 0.452. The molecule has 1 aliphatic heterocycles. The lowest BCUT2D eigenvalue weighted by atomic mass is 10.1. The zero-order chi connectivity index (χ0) is 19.1. The van der Waals surface area contributed by atoms with E-state index in [0.717, 1.165) is 18.8 Å². The van der Waals surface area contributed by atoms with Crippen molar-refractivity contribution < 1.29 is 15.0 Å². The van der Waals surface area contributed by atoms with Crippen molar-refractivity contribution in [3.8, 4) is 5.75 Å². The summed E-state index contributed by atoms with van der Waals surface area (Å²) in [5.74, 6) is 0.937. The van der Waals surface area contributed by atoms with E-state index in [9.17, 15) is 0 Å². The number of ether oxygens (including phenoxy) is 1. The smallest absolute Gasteiger partial charge is 0.162 e. The molecule has 0 spiro atoms. The Balaban J connectivity index is 1.55. The Labute approximate surface area is 164 Å². The summed E-state index contributed by atoms with van der Waals surface area (Å²) in [4.78, 5) is 3.96. The van der Waals surface area contributed by atoms with E-state index in [4.69, 9.17) is 4.74 Å². The highest BCUT2D eigenvalue weighted by molar-refractivity contribution is 5.47. The van der Waals surface area contributed by atoms with E-state index in [2.05, 4.69) is 66.8 Å². The van der Waals surface area contributed by atoms with Gasteiger partial charge in [0, 0.05) is 29.9 Å². The Bertz CT molecular complexity index is 693. The number of piperidine rings is 1. The van der Waals surface area contributed by atoms with Crippen LogP contribution in [0.3, 0.4) is 0 Å². The van der Waals surface area contributed by atoms with Crippen LogP contribution in [-0.2, 0) is 6.54 Å². The van der Waals surface area contributed by atoms with Gasteiger partial charge in [0.15, 0.2) is 6.04 Å². The summed E-state index contributed by atoms with van der Waals surface area (Å²) in [5.41, 5.74) is 4.12. The summed E-state index contributed by atoms with van der Waals surface area (Å²) < 4.78 is 5.40. The number of benzene rings is 2. The number of hydrogen-bond donors (Lipinski definition) is 2. The minimum Gasteiger partial charge on any atom is -0.497 e. The standard InChI is InChI=1S/C23H33N3O/c1-25(2)23(20-8-7-9-22(16-20)27-3)18-24-17-19-10-12-21(13-11-19)26-14-5-4-6-15-26/h7-13,16,23-24H,4-6,14-15,17-18H2,1-3H3/p+2/t23-/m1/s1. The maximum absolute atomic E-state index is 5.40. The van der Waals surface area contributed by atoms with E-state index < -0.39 is 0 Å². The molecule has 0 amide bonds. The van der Waals surface area contributed by atoms with Crippen LogP contribution in [0.15, 0.2) is 48.5 Å². The van der Waals surface area contributed by atoms with Crippen molar-refractivity contribution in [3.05, 3.63) is 59.7 Å².